The van der Waals surface area contributed by atoms with Gasteiger partial charge in [-0.15, -0.1) is 10.2 Å². The number of hydrogen-bond acceptors (Lipinski definition) is 7. The Bertz CT molecular complexity index is 1250. The number of hydrogen-bond donors (Lipinski definition) is 0. The molecular weight excluding hydrogens is 491 g/mol. The third-order valence-electron chi connectivity index (χ3n) is 6.09. The normalized spacial score (nSPS) is 16.2. The number of nitrogens with zero attached hydrogens (tertiary/aromatic N) is 3. The monoisotopic (exact) mass is 517 g/mol. The lowest BCUT2D eigenvalue weighted by molar-refractivity contribution is -0.137. The second-order valence-corrected chi connectivity index (χ2v) is 8.44. The maximum absolute atomic E-state index is 12.9. The van der Waals surface area contributed by atoms with E-state index in [4.69, 9.17) is 18.6 Å². The van der Waals surface area contributed by atoms with Crippen molar-refractivity contribution in [3.63, 3.8) is 0 Å². The van der Waals surface area contributed by atoms with Crippen molar-refractivity contribution in [2.75, 3.05) is 34.4 Å². The molecule has 1 aromatic heterocycles. The fourth-order valence-corrected chi connectivity index (χ4v) is 4.17. The van der Waals surface area contributed by atoms with Gasteiger partial charge in [0.15, 0.2) is 11.5 Å². The number of alkyl halides is 3. The van der Waals surface area contributed by atoms with Crippen molar-refractivity contribution in [2.45, 2.75) is 24.9 Å². The van der Waals surface area contributed by atoms with Gasteiger partial charge in [-0.3, -0.25) is 4.79 Å². The van der Waals surface area contributed by atoms with Crippen molar-refractivity contribution in [3.8, 4) is 28.7 Å². The van der Waals surface area contributed by atoms with Crippen LogP contribution in [0, 0.1) is 0 Å². The molecule has 8 nitrogen and oxygen atoms in total. The molecule has 1 saturated heterocycles. The first kappa shape index (κ1) is 26.1. The molecule has 1 fully saturated rings. The van der Waals surface area contributed by atoms with Crippen molar-refractivity contribution in [1.29, 1.82) is 0 Å². The molecule has 0 bridgehead atoms. The van der Waals surface area contributed by atoms with Crippen LogP contribution in [0.3, 0.4) is 0 Å². The Hall–Kier alpha value is -4.02. The van der Waals surface area contributed by atoms with Crippen LogP contribution < -0.4 is 14.2 Å². The number of methoxy groups -OCH3 is 3. The third kappa shape index (κ3) is 5.87. The van der Waals surface area contributed by atoms with Crippen LogP contribution in [0.15, 0.2) is 46.9 Å². The van der Waals surface area contributed by atoms with Crippen LogP contribution in [0.4, 0.5) is 13.2 Å². The van der Waals surface area contributed by atoms with Gasteiger partial charge in [0.25, 0.3) is 0 Å². The summed E-state index contributed by atoms with van der Waals surface area (Å²) in [5.74, 6) is 1.54. The summed E-state index contributed by atoms with van der Waals surface area (Å²) >= 11 is 0. The summed E-state index contributed by atoms with van der Waals surface area (Å²) < 4.78 is 60.2. The van der Waals surface area contributed by atoms with E-state index in [1.807, 2.05) is 0 Å². The van der Waals surface area contributed by atoms with Crippen molar-refractivity contribution < 1.29 is 36.6 Å². The van der Waals surface area contributed by atoms with Gasteiger partial charge in [0.05, 0.1) is 32.8 Å². The van der Waals surface area contributed by atoms with Gasteiger partial charge in [0.1, 0.15) is 0 Å². The van der Waals surface area contributed by atoms with E-state index in [1.165, 1.54) is 39.5 Å². The molecule has 0 spiro atoms. The van der Waals surface area contributed by atoms with E-state index < -0.39 is 11.7 Å². The van der Waals surface area contributed by atoms with Gasteiger partial charge in [-0.25, -0.2) is 0 Å². The van der Waals surface area contributed by atoms with Crippen molar-refractivity contribution in [3.05, 3.63) is 59.5 Å². The summed E-state index contributed by atoms with van der Waals surface area (Å²) in [5, 5.41) is 8.09. The van der Waals surface area contributed by atoms with E-state index >= 15 is 0 Å². The molecular formula is C26H26F3N3O5. The second kappa shape index (κ2) is 10.9. The van der Waals surface area contributed by atoms with Crippen molar-refractivity contribution in [2.24, 2.45) is 0 Å². The van der Waals surface area contributed by atoms with E-state index in [9.17, 15) is 18.0 Å². The summed E-state index contributed by atoms with van der Waals surface area (Å²) in [7, 11) is 4.55. The lowest BCUT2D eigenvalue weighted by Crippen LogP contribution is -2.38. The molecule has 0 saturated carbocycles. The maximum Gasteiger partial charge on any atom is 0.416 e. The predicted molar refractivity (Wildman–Crippen MR) is 128 cm³/mol. The number of amides is 1. The van der Waals surface area contributed by atoms with Gasteiger partial charge in [0, 0.05) is 24.7 Å². The molecule has 1 aliphatic rings. The Kier molecular flexibility index (Phi) is 7.70. The van der Waals surface area contributed by atoms with Crippen LogP contribution in [0.5, 0.6) is 17.2 Å². The van der Waals surface area contributed by atoms with Gasteiger partial charge in [-0.2, -0.15) is 13.2 Å². The smallest absolute Gasteiger partial charge is 0.416 e. The Morgan fingerprint density at radius 1 is 1.05 bits per heavy atom. The van der Waals surface area contributed by atoms with Crippen LogP contribution in [0.2, 0.25) is 0 Å². The standard InChI is InChI=1S/C26H26F3N3O5/c1-34-20-13-16(14-21(35-2)23(20)36-3)6-11-22(33)32-12-4-5-18(15-32)25-31-30-24(37-25)17-7-9-19(10-8-17)26(27,28)29/h6-11,13-14,18H,4-5,12,15H2,1-3H3/b11-6+. The van der Waals surface area contributed by atoms with E-state index in [0.717, 1.165) is 25.0 Å². The highest BCUT2D eigenvalue weighted by Gasteiger charge is 2.31. The third-order valence-corrected chi connectivity index (χ3v) is 6.09. The molecule has 3 aromatic rings. The number of likely N-dealkylation sites (tertiary alicyclic amines) is 1. The van der Waals surface area contributed by atoms with Gasteiger partial charge in [-0.05, 0) is 60.9 Å². The fourth-order valence-electron chi connectivity index (χ4n) is 4.17. The van der Waals surface area contributed by atoms with Gasteiger partial charge in [-0.1, -0.05) is 0 Å². The highest BCUT2D eigenvalue weighted by atomic mass is 19.4. The minimum Gasteiger partial charge on any atom is -0.493 e. The highest BCUT2D eigenvalue weighted by Crippen LogP contribution is 2.38. The molecule has 1 atom stereocenters. The fraction of sp³-hybridized carbons (Fsp3) is 0.346. The largest absolute Gasteiger partial charge is 0.493 e. The number of piperidine rings is 1. The highest BCUT2D eigenvalue weighted by molar-refractivity contribution is 5.92. The average Bonchev–Trinajstić information content (AvgIpc) is 3.41. The number of rotatable bonds is 7. The van der Waals surface area contributed by atoms with Crippen LogP contribution >= 0.6 is 0 Å². The number of carbonyl (C=O) groups excluding carboxylic acids is 1. The molecule has 2 heterocycles. The molecule has 1 unspecified atom stereocenters. The zero-order valence-electron chi connectivity index (χ0n) is 20.5. The van der Waals surface area contributed by atoms with Gasteiger partial charge >= 0.3 is 6.18 Å². The number of ether oxygens (including phenoxy) is 3. The molecule has 0 N–H and O–H groups in total. The first-order valence-corrected chi connectivity index (χ1v) is 11.5. The van der Waals surface area contributed by atoms with Crippen LogP contribution in [-0.2, 0) is 11.0 Å². The lowest BCUT2D eigenvalue weighted by Gasteiger charge is -2.30. The van der Waals surface area contributed by atoms with Crippen molar-refractivity contribution >= 4 is 12.0 Å². The Balaban J connectivity index is 1.44. The Morgan fingerprint density at radius 3 is 2.32 bits per heavy atom. The average molecular weight is 518 g/mol. The molecule has 37 heavy (non-hydrogen) atoms. The first-order valence-electron chi connectivity index (χ1n) is 11.5. The summed E-state index contributed by atoms with van der Waals surface area (Å²) in [6.45, 7) is 0.960. The van der Waals surface area contributed by atoms with E-state index in [-0.39, 0.29) is 17.7 Å². The quantitative estimate of drug-likeness (QED) is 0.398. The minimum atomic E-state index is -4.42. The molecule has 2 aromatic carbocycles. The molecule has 1 amide bonds. The zero-order chi connectivity index (χ0) is 26.6. The van der Waals surface area contributed by atoms with Crippen LogP contribution in [0.25, 0.3) is 17.5 Å². The summed E-state index contributed by atoms with van der Waals surface area (Å²) in [4.78, 5) is 14.6. The number of carbonyl (C=O) groups is 1. The second-order valence-electron chi connectivity index (χ2n) is 8.44. The first-order chi connectivity index (χ1) is 17.7. The predicted octanol–water partition coefficient (Wildman–Crippen LogP) is 5.20. The number of halogens is 3. The SMILES string of the molecule is COc1cc(/C=C/C(=O)N2CCCC(c3nnc(-c4ccc(C(F)(F)F)cc4)o3)C2)cc(OC)c1OC. The maximum atomic E-state index is 12.9. The van der Waals surface area contributed by atoms with Crippen LogP contribution in [-0.4, -0.2) is 55.4 Å². The summed E-state index contributed by atoms with van der Waals surface area (Å²) in [6, 6.07) is 8.02. The van der Waals surface area contributed by atoms with E-state index in [0.29, 0.717) is 47.4 Å². The Morgan fingerprint density at radius 2 is 1.73 bits per heavy atom. The topological polar surface area (TPSA) is 86.9 Å². The number of benzene rings is 2. The summed E-state index contributed by atoms with van der Waals surface area (Å²) in [5.41, 5.74) is 0.343. The molecule has 0 aliphatic carbocycles. The zero-order valence-corrected chi connectivity index (χ0v) is 20.5. The van der Waals surface area contributed by atoms with E-state index in [1.54, 1.807) is 23.1 Å². The lowest BCUT2D eigenvalue weighted by atomic mass is 9.98. The molecule has 196 valence electrons. The number of aromatic nitrogens is 2. The van der Waals surface area contributed by atoms with E-state index in [2.05, 4.69) is 10.2 Å². The molecule has 1 aliphatic heterocycles. The van der Waals surface area contributed by atoms with Gasteiger partial charge in [0.2, 0.25) is 23.4 Å². The minimum absolute atomic E-state index is 0.134. The van der Waals surface area contributed by atoms with Gasteiger partial charge < -0.3 is 23.5 Å². The molecule has 0 radical (unpaired) electrons. The van der Waals surface area contributed by atoms with Crippen LogP contribution in [0.1, 0.15) is 35.8 Å². The Labute approximate surface area is 211 Å². The molecule has 11 heteroatoms. The molecule has 4 rings (SSSR count). The summed E-state index contributed by atoms with van der Waals surface area (Å²) in [6.07, 6.45) is 0.217. The van der Waals surface area contributed by atoms with Crippen molar-refractivity contribution in [1.82, 2.24) is 15.1 Å².